The van der Waals surface area contributed by atoms with E-state index in [1.807, 2.05) is 22.4 Å². The molecule has 0 aliphatic carbocycles. The first-order valence-electron chi connectivity index (χ1n) is 8.50. The van der Waals surface area contributed by atoms with Gasteiger partial charge in [-0.05, 0) is 23.6 Å². The van der Waals surface area contributed by atoms with E-state index < -0.39 is 6.03 Å². The molecule has 2 heterocycles. The Bertz CT molecular complexity index is 807. The highest BCUT2D eigenvalue weighted by Crippen LogP contribution is 2.32. The molecule has 0 atom stereocenters. The third kappa shape index (κ3) is 5.57. The summed E-state index contributed by atoms with van der Waals surface area (Å²) < 4.78 is 10.9. The fourth-order valence-electron chi connectivity index (χ4n) is 2.64. The molecular weight excluding hydrogens is 366 g/mol. The van der Waals surface area contributed by atoms with Crippen LogP contribution in [0.5, 0.6) is 11.5 Å². The Hall–Kier alpha value is -2.84. The molecule has 27 heavy (non-hydrogen) atoms. The van der Waals surface area contributed by atoms with Crippen molar-refractivity contribution in [1.82, 2.24) is 10.2 Å². The van der Waals surface area contributed by atoms with Crippen LogP contribution >= 0.6 is 11.3 Å². The van der Waals surface area contributed by atoms with Crippen LogP contribution in [0.1, 0.15) is 4.88 Å². The van der Waals surface area contributed by atoms with Crippen LogP contribution in [0.4, 0.5) is 10.5 Å². The Morgan fingerprint density at radius 1 is 1.22 bits per heavy atom. The molecule has 0 spiro atoms. The van der Waals surface area contributed by atoms with Crippen LogP contribution in [-0.4, -0.2) is 43.1 Å². The van der Waals surface area contributed by atoms with Gasteiger partial charge in [-0.1, -0.05) is 12.1 Å². The third-order valence-corrected chi connectivity index (χ3v) is 4.63. The summed E-state index contributed by atoms with van der Waals surface area (Å²) in [5, 5.41) is 6.96. The van der Waals surface area contributed by atoms with E-state index in [-0.39, 0.29) is 12.5 Å². The van der Waals surface area contributed by atoms with Gasteiger partial charge in [0.05, 0.1) is 6.54 Å². The minimum Gasteiger partial charge on any atom is -0.486 e. The zero-order chi connectivity index (χ0) is 19.1. The lowest BCUT2D eigenvalue weighted by atomic mass is 10.2. The molecule has 2 aromatic rings. The zero-order valence-corrected chi connectivity index (χ0v) is 15.6. The van der Waals surface area contributed by atoms with Gasteiger partial charge in [0, 0.05) is 29.7 Å². The Balaban J connectivity index is 1.51. The quantitative estimate of drug-likeness (QED) is 0.714. The van der Waals surface area contributed by atoms with Gasteiger partial charge in [0.1, 0.15) is 13.2 Å². The van der Waals surface area contributed by atoms with E-state index in [1.165, 1.54) is 0 Å². The van der Waals surface area contributed by atoms with Crippen molar-refractivity contribution >= 4 is 29.0 Å². The number of carbonyl (C=O) groups excluding carboxylic acids is 2. The van der Waals surface area contributed by atoms with Gasteiger partial charge >= 0.3 is 6.03 Å². The third-order valence-electron chi connectivity index (χ3n) is 3.77. The van der Waals surface area contributed by atoms with Crippen molar-refractivity contribution in [3.63, 3.8) is 0 Å². The van der Waals surface area contributed by atoms with E-state index in [1.54, 1.807) is 35.6 Å². The number of imide groups is 1. The van der Waals surface area contributed by atoms with Crippen molar-refractivity contribution in [3.8, 4) is 11.5 Å². The first-order valence-corrected chi connectivity index (χ1v) is 9.38. The van der Waals surface area contributed by atoms with E-state index >= 15 is 0 Å². The number of thiophene rings is 1. The van der Waals surface area contributed by atoms with Crippen LogP contribution in [0.3, 0.4) is 0 Å². The molecular formula is C19H21N3O4S. The second-order valence-corrected chi connectivity index (χ2v) is 6.93. The highest BCUT2D eigenvalue weighted by molar-refractivity contribution is 7.09. The molecule has 3 amide bonds. The zero-order valence-electron chi connectivity index (χ0n) is 14.8. The Labute approximate surface area is 161 Å². The van der Waals surface area contributed by atoms with Crippen molar-refractivity contribution in [2.75, 3.05) is 31.6 Å². The maximum absolute atomic E-state index is 12.2. The highest BCUT2D eigenvalue weighted by Gasteiger charge is 2.15. The molecule has 3 rings (SSSR count). The summed E-state index contributed by atoms with van der Waals surface area (Å²) in [6.07, 6.45) is 1.73. The van der Waals surface area contributed by atoms with Gasteiger partial charge < -0.3 is 14.8 Å². The number of fused-ring (bicyclic) bond motifs is 1. The fraction of sp³-hybridized carbons (Fsp3) is 0.263. The highest BCUT2D eigenvalue weighted by atomic mass is 32.1. The molecule has 0 unspecified atom stereocenters. The minimum absolute atomic E-state index is 0.0957. The van der Waals surface area contributed by atoms with E-state index in [0.29, 0.717) is 43.5 Å². The van der Waals surface area contributed by atoms with Crippen molar-refractivity contribution in [2.24, 2.45) is 0 Å². The molecule has 0 saturated heterocycles. The van der Waals surface area contributed by atoms with Gasteiger partial charge in [-0.15, -0.1) is 17.9 Å². The predicted molar refractivity (Wildman–Crippen MR) is 104 cm³/mol. The van der Waals surface area contributed by atoms with Crippen LogP contribution in [0, 0.1) is 0 Å². The summed E-state index contributed by atoms with van der Waals surface area (Å²) >= 11 is 1.62. The number of urea groups is 1. The van der Waals surface area contributed by atoms with E-state index in [0.717, 1.165) is 4.88 Å². The minimum atomic E-state index is -0.591. The SMILES string of the molecule is C=CCN(CC(=O)NC(=O)Nc1ccc2c(c1)OCCO2)Cc1cccs1. The van der Waals surface area contributed by atoms with Crippen LogP contribution < -0.4 is 20.1 Å². The number of nitrogens with one attached hydrogen (secondary N) is 2. The standard InChI is InChI=1S/C19H21N3O4S/c1-2-7-22(12-15-4-3-10-27-15)13-18(23)21-19(24)20-14-5-6-16-17(11-14)26-9-8-25-16/h2-6,10-11H,1,7-9,12-13H2,(H2,20,21,23,24). The second kappa shape index (κ2) is 9.20. The van der Waals surface area contributed by atoms with Crippen molar-refractivity contribution in [2.45, 2.75) is 6.54 Å². The average Bonchev–Trinajstić information content (AvgIpc) is 3.14. The monoisotopic (exact) mass is 387 g/mol. The van der Waals surface area contributed by atoms with Gasteiger partial charge in [-0.2, -0.15) is 0 Å². The van der Waals surface area contributed by atoms with E-state index in [9.17, 15) is 9.59 Å². The molecule has 7 nitrogen and oxygen atoms in total. The van der Waals surface area contributed by atoms with Gasteiger partial charge in [-0.3, -0.25) is 15.0 Å². The molecule has 8 heteroatoms. The first-order chi connectivity index (χ1) is 13.1. The normalized spacial score (nSPS) is 12.5. The maximum atomic E-state index is 12.2. The number of hydrogen-bond acceptors (Lipinski definition) is 6. The van der Waals surface area contributed by atoms with Crippen LogP contribution in [-0.2, 0) is 11.3 Å². The molecule has 0 saturated carbocycles. The topological polar surface area (TPSA) is 79.9 Å². The summed E-state index contributed by atoms with van der Waals surface area (Å²) in [4.78, 5) is 27.3. The largest absolute Gasteiger partial charge is 0.486 e. The first kappa shape index (κ1) is 18.9. The van der Waals surface area contributed by atoms with Gasteiger partial charge in [0.15, 0.2) is 11.5 Å². The average molecular weight is 387 g/mol. The predicted octanol–water partition coefficient (Wildman–Crippen LogP) is 2.86. The lowest BCUT2D eigenvalue weighted by molar-refractivity contribution is -0.121. The molecule has 142 valence electrons. The number of ether oxygens (including phenoxy) is 2. The molecule has 1 aliphatic rings. The van der Waals surface area contributed by atoms with Crippen molar-refractivity contribution in [1.29, 1.82) is 0 Å². The molecule has 1 aromatic carbocycles. The van der Waals surface area contributed by atoms with Gasteiger partial charge in [0.25, 0.3) is 0 Å². The molecule has 2 N–H and O–H groups in total. The van der Waals surface area contributed by atoms with E-state index in [4.69, 9.17) is 9.47 Å². The molecule has 0 fully saturated rings. The Kier molecular flexibility index (Phi) is 6.45. The Morgan fingerprint density at radius 2 is 2.04 bits per heavy atom. The number of benzene rings is 1. The second-order valence-electron chi connectivity index (χ2n) is 5.90. The summed E-state index contributed by atoms with van der Waals surface area (Å²) in [5.41, 5.74) is 0.520. The number of anilines is 1. The lowest BCUT2D eigenvalue weighted by Crippen LogP contribution is -2.41. The molecule has 1 aromatic heterocycles. The number of hydrogen-bond donors (Lipinski definition) is 2. The van der Waals surface area contributed by atoms with Gasteiger partial charge in [0.2, 0.25) is 5.91 Å². The number of amides is 3. The summed E-state index contributed by atoms with van der Waals surface area (Å²) in [5.74, 6) is 0.818. The summed E-state index contributed by atoms with van der Waals surface area (Å²) in [6, 6.07) is 8.46. The van der Waals surface area contributed by atoms with Crippen LogP contribution in [0.15, 0.2) is 48.4 Å². The van der Waals surface area contributed by atoms with Crippen molar-refractivity contribution in [3.05, 3.63) is 53.2 Å². The van der Waals surface area contributed by atoms with E-state index in [2.05, 4.69) is 17.2 Å². The Morgan fingerprint density at radius 3 is 2.78 bits per heavy atom. The van der Waals surface area contributed by atoms with Crippen LogP contribution in [0.25, 0.3) is 0 Å². The molecule has 0 radical (unpaired) electrons. The van der Waals surface area contributed by atoms with Crippen LogP contribution in [0.2, 0.25) is 0 Å². The van der Waals surface area contributed by atoms with Crippen molar-refractivity contribution < 1.29 is 19.1 Å². The number of nitrogens with zero attached hydrogens (tertiary/aromatic N) is 1. The number of carbonyl (C=O) groups is 2. The number of rotatable bonds is 7. The fourth-order valence-corrected chi connectivity index (χ4v) is 3.39. The molecule has 0 bridgehead atoms. The smallest absolute Gasteiger partial charge is 0.325 e. The molecule has 1 aliphatic heterocycles. The summed E-state index contributed by atoms with van der Waals surface area (Å²) in [6.45, 7) is 5.95. The maximum Gasteiger partial charge on any atom is 0.325 e. The lowest BCUT2D eigenvalue weighted by Gasteiger charge is -2.20. The van der Waals surface area contributed by atoms with Gasteiger partial charge in [-0.25, -0.2) is 4.79 Å². The summed E-state index contributed by atoms with van der Waals surface area (Å²) in [7, 11) is 0.